The molecule has 22 heavy (non-hydrogen) atoms. The van der Waals surface area contributed by atoms with Crippen LogP contribution in [0.3, 0.4) is 0 Å². The Kier molecular flexibility index (Phi) is 3.99. The molecule has 0 fully saturated rings. The van der Waals surface area contributed by atoms with Crippen LogP contribution in [0.4, 0.5) is 0 Å². The van der Waals surface area contributed by atoms with E-state index in [1.165, 1.54) is 28.0 Å². The van der Waals surface area contributed by atoms with Crippen molar-refractivity contribution in [2.75, 3.05) is 0 Å². The number of hydrazone groups is 1. The van der Waals surface area contributed by atoms with Gasteiger partial charge in [-0.15, -0.1) is 11.3 Å². The second kappa shape index (κ2) is 6.08. The smallest absolute Gasteiger partial charge is 0.287 e. The lowest BCUT2D eigenvalue weighted by molar-refractivity contribution is 0.0948. The van der Waals surface area contributed by atoms with E-state index in [1.54, 1.807) is 29.8 Å². The molecule has 1 amide bonds. The third-order valence-electron chi connectivity index (χ3n) is 2.82. The van der Waals surface area contributed by atoms with E-state index in [0.29, 0.717) is 15.5 Å². The van der Waals surface area contributed by atoms with Gasteiger partial charge in [0.2, 0.25) is 0 Å². The van der Waals surface area contributed by atoms with Gasteiger partial charge in [-0.2, -0.15) is 10.1 Å². The van der Waals surface area contributed by atoms with Gasteiger partial charge in [0.05, 0.1) is 6.21 Å². The van der Waals surface area contributed by atoms with E-state index in [1.807, 2.05) is 6.07 Å². The molecule has 8 heteroatoms. The van der Waals surface area contributed by atoms with Crippen LogP contribution in [-0.4, -0.2) is 21.5 Å². The SMILES string of the molecule is O=C(N/N=C\c1ccccc1Cl)c1cc(=O)nc2sccn12. The fourth-order valence-corrected chi connectivity index (χ4v) is 2.73. The molecule has 0 spiro atoms. The maximum atomic E-state index is 12.1. The summed E-state index contributed by atoms with van der Waals surface area (Å²) >= 11 is 7.26. The minimum atomic E-state index is -0.504. The van der Waals surface area contributed by atoms with E-state index < -0.39 is 11.5 Å². The lowest BCUT2D eigenvalue weighted by atomic mass is 10.2. The van der Waals surface area contributed by atoms with Crippen molar-refractivity contribution in [2.45, 2.75) is 0 Å². The van der Waals surface area contributed by atoms with Crippen LogP contribution in [0.5, 0.6) is 0 Å². The highest BCUT2D eigenvalue weighted by Gasteiger charge is 2.11. The monoisotopic (exact) mass is 332 g/mol. The van der Waals surface area contributed by atoms with Crippen molar-refractivity contribution in [1.29, 1.82) is 0 Å². The Bertz CT molecular complexity index is 932. The average molecular weight is 333 g/mol. The van der Waals surface area contributed by atoms with Crippen LogP contribution in [0.1, 0.15) is 16.1 Å². The number of benzene rings is 1. The first-order valence-corrected chi connectivity index (χ1v) is 7.46. The summed E-state index contributed by atoms with van der Waals surface area (Å²) in [6, 6.07) is 8.27. The highest BCUT2D eigenvalue weighted by Crippen LogP contribution is 2.12. The summed E-state index contributed by atoms with van der Waals surface area (Å²) in [7, 11) is 0. The Morgan fingerprint density at radius 1 is 1.41 bits per heavy atom. The summed E-state index contributed by atoms with van der Waals surface area (Å²) in [4.78, 5) is 27.9. The van der Waals surface area contributed by atoms with Crippen LogP contribution >= 0.6 is 22.9 Å². The van der Waals surface area contributed by atoms with Crippen LogP contribution < -0.4 is 11.0 Å². The van der Waals surface area contributed by atoms with Gasteiger partial charge in [0.1, 0.15) is 5.69 Å². The van der Waals surface area contributed by atoms with Gasteiger partial charge >= 0.3 is 0 Å². The molecule has 6 nitrogen and oxygen atoms in total. The first-order chi connectivity index (χ1) is 10.6. The van der Waals surface area contributed by atoms with Gasteiger partial charge < -0.3 is 0 Å². The van der Waals surface area contributed by atoms with Gasteiger partial charge in [-0.25, -0.2) is 5.43 Å². The van der Waals surface area contributed by atoms with E-state index in [9.17, 15) is 9.59 Å². The summed E-state index contributed by atoms with van der Waals surface area (Å²) in [5, 5.41) is 6.13. The molecule has 0 radical (unpaired) electrons. The largest absolute Gasteiger partial charge is 0.288 e. The number of rotatable bonds is 3. The molecular formula is C14H9ClN4O2S. The highest BCUT2D eigenvalue weighted by atomic mass is 35.5. The normalized spacial score (nSPS) is 11.1. The van der Waals surface area contributed by atoms with Gasteiger partial charge in [-0.1, -0.05) is 29.8 Å². The lowest BCUT2D eigenvalue weighted by Crippen LogP contribution is -2.23. The molecule has 0 saturated heterocycles. The van der Waals surface area contributed by atoms with Crippen molar-refractivity contribution < 1.29 is 4.79 Å². The van der Waals surface area contributed by atoms with E-state index in [2.05, 4.69) is 15.5 Å². The van der Waals surface area contributed by atoms with Crippen LogP contribution in [0.25, 0.3) is 4.96 Å². The predicted molar refractivity (Wildman–Crippen MR) is 85.9 cm³/mol. The molecular weight excluding hydrogens is 324 g/mol. The van der Waals surface area contributed by atoms with Crippen LogP contribution in [0, 0.1) is 0 Å². The molecule has 2 heterocycles. The maximum absolute atomic E-state index is 12.1. The van der Waals surface area contributed by atoms with Crippen LogP contribution in [-0.2, 0) is 0 Å². The van der Waals surface area contributed by atoms with E-state index in [0.717, 1.165) is 0 Å². The van der Waals surface area contributed by atoms with E-state index >= 15 is 0 Å². The molecule has 0 unspecified atom stereocenters. The Balaban J connectivity index is 1.84. The molecule has 0 aliphatic rings. The molecule has 1 N–H and O–H groups in total. The number of hydrogen-bond donors (Lipinski definition) is 1. The second-order valence-corrected chi connectivity index (χ2v) is 5.54. The zero-order valence-electron chi connectivity index (χ0n) is 11.1. The number of amides is 1. The van der Waals surface area contributed by atoms with Gasteiger partial charge in [0, 0.05) is 28.2 Å². The Hall–Kier alpha value is -2.51. The molecule has 3 aromatic rings. The summed E-state index contributed by atoms with van der Waals surface area (Å²) in [5.74, 6) is -0.504. The number of halogens is 1. The van der Waals surface area contributed by atoms with Crippen molar-refractivity contribution in [3.63, 3.8) is 0 Å². The van der Waals surface area contributed by atoms with Crippen molar-refractivity contribution >= 4 is 40.0 Å². The van der Waals surface area contributed by atoms with Crippen LogP contribution in [0.15, 0.2) is 51.8 Å². The lowest BCUT2D eigenvalue weighted by Gasteiger charge is -2.02. The third kappa shape index (κ3) is 2.90. The number of carbonyl (C=O) groups is 1. The summed E-state index contributed by atoms with van der Waals surface area (Å²) in [6.07, 6.45) is 3.11. The van der Waals surface area contributed by atoms with Crippen LogP contribution in [0.2, 0.25) is 5.02 Å². The first-order valence-electron chi connectivity index (χ1n) is 6.20. The molecule has 0 aliphatic heterocycles. The fraction of sp³-hybridized carbons (Fsp3) is 0. The average Bonchev–Trinajstić information content (AvgIpc) is 2.96. The summed E-state index contributed by atoms with van der Waals surface area (Å²) in [5.41, 5.74) is 2.75. The van der Waals surface area contributed by atoms with Gasteiger partial charge in [-0.3, -0.25) is 14.0 Å². The van der Waals surface area contributed by atoms with Crippen molar-refractivity contribution in [3.8, 4) is 0 Å². The summed E-state index contributed by atoms with van der Waals surface area (Å²) < 4.78 is 1.53. The van der Waals surface area contributed by atoms with Gasteiger partial charge in [-0.05, 0) is 6.07 Å². The Labute approximate surface area is 133 Å². The number of nitrogens with zero attached hydrogens (tertiary/aromatic N) is 3. The van der Waals surface area contributed by atoms with Gasteiger partial charge in [0.25, 0.3) is 11.5 Å². The van der Waals surface area contributed by atoms with Crippen molar-refractivity contribution in [3.05, 3.63) is 68.5 Å². The molecule has 0 bridgehead atoms. The first kappa shape index (κ1) is 14.4. The summed E-state index contributed by atoms with van der Waals surface area (Å²) in [6.45, 7) is 0. The number of carbonyl (C=O) groups excluding carboxylic acids is 1. The predicted octanol–water partition coefficient (Wildman–Crippen LogP) is 2.17. The minimum Gasteiger partial charge on any atom is -0.287 e. The van der Waals surface area contributed by atoms with Gasteiger partial charge in [0.15, 0.2) is 4.96 Å². The van der Waals surface area contributed by atoms with Crippen molar-refractivity contribution in [2.24, 2.45) is 5.10 Å². The molecule has 2 aromatic heterocycles. The minimum absolute atomic E-state index is 0.174. The molecule has 3 rings (SSSR count). The third-order valence-corrected chi connectivity index (χ3v) is 3.92. The Morgan fingerprint density at radius 2 is 2.23 bits per heavy atom. The molecule has 1 aromatic carbocycles. The second-order valence-electron chi connectivity index (χ2n) is 4.26. The number of thiazole rings is 1. The number of nitrogens with one attached hydrogen (secondary N) is 1. The number of aromatic nitrogens is 2. The highest BCUT2D eigenvalue weighted by molar-refractivity contribution is 7.15. The number of hydrogen-bond acceptors (Lipinski definition) is 5. The van der Waals surface area contributed by atoms with E-state index in [4.69, 9.17) is 11.6 Å². The Morgan fingerprint density at radius 3 is 3.05 bits per heavy atom. The topological polar surface area (TPSA) is 75.8 Å². The zero-order chi connectivity index (χ0) is 15.5. The molecule has 0 atom stereocenters. The van der Waals surface area contributed by atoms with E-state index in [-0.39, 0.29) is 5.69 Å². The standard InChI is InChI=1S/C14H9ClN4O2S/c15-10-4-2-1-3-9(10)8-16-18-13(21)11-7-12(20)17-14-19(11)5-6-22-14/h1-8H,(H,18,21)/b16-8-. The molecule has 0 saturated carbocycles. The quantitative estimate of drug-likeness (QED) is 0.590. The fourth-order valence-electron chi connectivity index (χ4n) is 1.82. The zero-order valence-corrected chi connectivity index (χ0v) is 12.6. The number of fused-ring (bicyclic) bond motifs is 1. The maximum Gasteiger partial charge on any atom is 0.288 e. The molecule has 110 valence electrons. The van der Waals surface area contributed by atoms with Crippen molar-refractivity contribution in [1.82, 2.24) is 14.8 Å². The molecule has 0 aliphatic carbocycles.